The molecule has 0 aliphatic rings. The number of hydrogen-bond acceptors (Lipinski definition) is 5. The van der Waals surface area contributed by atoms with Gasteiger partial charge in [-0.05, 0) is 36.2 Å². The minimum atomic E-state index is -0.0776. The Bertz CT molecular complexity index is 1200. The molecule has 0 atom stereocenters. The number of aryl methyl sites for hydroxylation is 2. The second-order valence-corrected chi connectivity index (χ2v) is 9.27. The Labute approximate surface area is 189 Å². The first-order valence-electron chi connectivity index (χ1n) is 10.1. The van der Waals surface area contributed by atoms with Crippen molar-refractivity contribution < 1.29 is 9.59 Å². The van der Waals surface area contributed by atoms with E-state index in [-0.39, 0.29) is 11.7 Å². The van der Waals surface area contributed by atoms with Gasteiger partial charge in [-0.3, -0.25) is 9.59 Å². The summed E-state index contributed by atoms with van der Waals surface area (Å²) in [6, 6.07) is 22.2. The zero-order valence-corrected chi connectivity index (χ0v) is 18.8. The van der Waals surface area contributed by atoms with Gasteiger partial charge in [-0.15, -0.1) is 11.3 Å². The maximum Gasteiger partial charge on any atom is 0.217 e. The molecule has 2 aromatic heterocycles. The van der Waals surface area contributed by atoms with Gasteiger partial charge >= 0.3 is 0 Å². The van der Waals surface area contributed by atoms with E-state index in [0.29, 0.717) is 17.2 Å². The van der Waals surface area contributed by atoms with Crippen LogP contribution in [0.15, 0.2) is 71.9 Å². The number of carbonyl (C=O) groups is 2. The average Bonchev–Trinajstić information content (AvgIpc) is 3.40. The number of nitrogens with one attached hydrogen (secondary N) is 1. The Morgan fingerprint density at radius 1 is 1.03 bits per heavy atom. The Hall–Kier alpha value is -2.90. The Balaban J connectivity index is 1.46. The SMILES string of the molecule is CC(=O)NCc1ccc(C(=O)CSc2nc3ccccc3n2CCc2ccccc2)s1. The molecule has 7 heteroatoms. The summed E-state index contributed by atoms with van der Waals surface area (Å²) in [6.45, 7) is 2.75. The average molecular weight is 450 g/mol. The van der Waals surface area contributed by atoms with Crippen molar-refractivity contribution in [3.05, 3.63) is 82.0 Å². The molecule has 0 aliphatic carbocycles. The van der Waals surface area contributed by atoms with Gasteiger partial charge in [0.1, 0.15) is 0 Å². The number of hydrogen-bond donors (Lipinski definition) is 1. The van der Waals surface area contributed by atoms with Gasteiger partial charge in [0.2, 0.25) is 5.91 Å². The number of aromatic nitrogens is 2. The molecule has 0 radical (unpaired) electrons. The number of imidazole rings is 1. The van der Waals surface area contributed by atoms with Gasteiger partial charge in [0.15, 0.2) is 10.9 Å². The quantitative estimate of drug-likeness (QED) is 0.290. The van der Waals surface area contributed by atoms with Crippen LogP contribution in [0.1, 0.15) is 27.0 Å². The van der Waals surface area contributed by atoms with Gasteiger partial charge in [0.25, 0.3) is 0 Å². The van der Waals surface area contributed by atoms with Crippen molar-refractivity contribution in [3.63, 3.8) is 0 Å². The molecule has 0 bridgehead atoms. The Kier molecular flexibility index (Phi) is 6.84. The Morgan fingerprint density at radius 2 is 1.81 bits per heavy atom. The summed E-state index contributed by atoms with van der Waals surface area (Å²) in [6.07, 6.45) is 0.903. The summed E-state index contributed by atoms with van der Waals surface area (Å²) in [5.74, 6) is 0.325. The lowest BCUT2D eigenvalue weighted by atomic mass is 10.1. The number of thioether (sulfide) groups is 1. The maximum absolute atomic E-state index is 12.7. The van der Waals surface area contributed by atoms with Crippen molar-refractivity contribution in [2.45, 2.75) is 31.6 Å². The minimum absolute atomic E-state index is 0.0748. The van der Waals surface area contributed by atoms with Crippen molar-refractivity contribution in [1.82, 2.24) is 14.9 Å². The number of para-hydroxylation sites is 2. The smallest absolute Gasteiger partial charge is 0.217 e. The first-order valence-corrected chi connectivity index (χ1v) is 11.9. The summed E-state index contributed by atoms with van der Waals surface area (Å²) in [7, 11) is 0. The largest absolute Gasteiger partial charge is 0.351 e. The number of Topliss-reactive ketones (excluding diaryl/α,β-unsaturated/α-hetero) is 1. The van der Waals surface area contributed by atoms with Crippen molar-refractivity contribution in [2.75, 3.05) is 5.75 Å². The standard InChI is InChI=1S/C24H23N3O2S2/c1-17(28)25-15-19-11-12-23(31-19)22(29)16-30-24-26-20-9-5-6-10-21(20)27(24)14-13-18-7-3-2-4-8-18/h2-12H,13-16H2,1H3,(H,25,28). The molecule has 5 nitrogen and oxygen atoms in total. The van der Waals surface area contributed by atoms with Crippen LogP contribution in [0.2, 0.25) is 0 Å². The van der Waals surface area contributed by atoms with Crippen molar-refractivity contribution >= 4 is 45.8 Å². The van der Waals surface area contributed by atoms with Crippen LogP contribution in [0.4, 0.5) is 0 Å². The summed E-state index contributed by atoms with van der Waals surface area (Å²) >= 11 is 2.91. The molecule has 2 heterocycles. The molecular formula is C24H23N3O2S2. The van der Waals surface area contributed by atoms with E-state index in [0.717, 1.165) is 34.0 Å². The summed E-state index contributed by atoms with van der Waals surface area (Å²) in [5, 5.41) is 3.63. The van der Waals surface area contributed by atoms with E-state index in [2.05, 4.69) is 40.2 Å². The maximum atomic E-state index is 12.7. The third-order valence-electron chi connectivity index (χ3n) is 4.87. The van der Waals surface area contributed by atoms with Gasteiger partial charge in [-0.1, -0.05) is 54.2 Å². The van der Waals surface area contributed by atoms with E-state index in [4.69, 9.17) is 4.98 Å². The number of amides is 1. The van der Waals surface area contributed by atoms with Crippen LogP contribution in [0.3, 0.4) is 0 Å². The van der Waals surface area contributed by atoms with Gasteiger partial charge in [0, 0.05) is 18.3 Å². The molecule has 0 spiro atoms. The van der Waals surface area contributed by atoms with Crippen molar-refractivity contribution in [1.29, 1.82) is 0 Å². The summed E-state index contributed by atoms with van der Waals surface area (Å²) in [5.41, 5.74) is 3.30. The lowest BCUT2D eigenvalue weighted by Gasteiger charge is -2.09. The van der Waals surface area contributed by atoms with Crippen LogP contribution in [0.25, 0.3) is 11.0 Å². The van der Waals surface area contributed by atoms with Crippen LogP contribution in [-0.4, -0.2) is 27.0 Å². The lowest BCUT2D eigenvalue weighted by Crippen LogP contribution is -2.18. The fourth-order valence-corrected chi connectivity index (χ4v) is 5.20. The van der Waals surface area contributed by atoms with Crippen LogP contribution in [0, 0.1) is 0 Å². The van der Waals surface area contributed by atoms with E-state index in [1.165, 1.54) is 35.6 Å². The Morgan fingerprint density at radius 3 is 2.61 bits per heavy atom. The third-order valence-corrected chi connectivity index (χ3v) is 6.97. The van der Waals surface area contributed by atoms with Gasteiger partial charge < -0.3 is 9.88 Å². The summed E-state index contributed by atoms with van der Waals surface area (Å²) in [4.78, 5) is 30.3. The zero-order valence-electron chi connectivity index (χ0n) is 17.2. The van der Waals surface area contributed by atoms with Crippen LogP contribution in [-0.2, 0) is 24.3 Å². The highest BCUT2D eigenvalue weighted by Crippen LogP contribution is 2.26. The third kappa shape index (κ3) is 5.42. The van der Waals surface area contributed by atoms with Crippen molar-refractivity contribution in [3.8, 4) is 0 Å². The number of carbonyl (C=O) groups excluding carboxylic acids is 2. The molecule has 158 valence electrons. The topological polar surface area (TPSA) is 64.0 Å². The molecular weight excluding hydrogens is 426 g/mol. The second-order valence-electron chi connectivity index (χ2n) is 7.16. The van der Waals surface area contributed by atoms with Crippen molar-refractivity contribution in [2.24, 2.45) is 0 Å². The lowest BCUT2D eigenvalue weighted by molar-refractivity contribution is -0.119. The first kappa shape index (κ1) is 21.3. The monoisotopic (exact) mass is 449 g/mol. The molecule has 0 saturated heterocycles. The van der Waals surface area contributed by atoms with Crippen LogP contribution >= 0.6 is 23.1 Å². The van der Waals surface area contributed by atoms with Gasteiger partial charge in [-0.2, -0.15) is 0 Å². The van der Waals surface area contributed by atoms with E-state index in [9.17, 15) is 9.59 Å². The second kappa shape index (κ2) is 9.94. The van der Waals surface area contributed by atoms with E-state index in [1.807, 2.05) is 36.4 Å². The normalized spacial score (nSPS) is 11.0. The fourth-order valence-electron chi connectivity index (χ4n) is 3.30. The number of thiophene rings is 1. The van der Waals surface area contributed by atoms with Gasteiger partial charge in [-0.25, -0.2) is 4.98 Å². The van der Waals surface area contributed by atoms with E-state index in [1.54, 1.807) is 0 Å². The van der Waals surface area contributed by atoms with Crippen LogP contribution < -0.4 is 5.32 Å². The van der Waals surface area contributed by atoms with E-state index < -0.39 is 0 Å². The predicted molar refractivity (Wildman–Crippen MR) is 127 cm³/mol. The highest BCUT2D eigenvalue weighted by Gasteiger charge is 2.15. The molecule has 1 amide bonds. The molecule has 4 rings (SSSR count). The van der Waals surface area contributed by atoms with Crippen LogP contribution in [0.5, 0.6) is 0 Å². The predicted octanol–water partition coefficient (Wildman–Crippen LogP) is 4.95. The summed E-state index contributed by atoms with van der Waals surface area (Å²) < 4.78 is 2.21. The fraction of sp³-hybridized carbons (Fsp3) is 0.208. The number of ketones is 1. The highest BCUT2D eigenvalue weighted by molar-refractivity contribution is 7.99. The highest BCUT2D eigenvalue weighted by atomic mass is 32.2. The minimum Gasteiger partial charge on any atom is -0.351 e. The molecule has 0 unspecified atom stereocenters. The molecule has 31 heavy (non-hydrogen) atoms. The van der Waals surface area contributed by atoms with E-state index >= 15 is 0 Å². The number of rotatable bonds is 9. The molecule has 2 aromatic carbocycles. The molecule has 1 N–H and O–H groups in total. The molecule has 0 fully saturated rings. The number of fused-ring (bicyclic) bond motifs is 1. The first-order chi connectivity index (χ1) is 15.1. The van der Waals surface area contributed by atoms with Gasteiger partial charge in [0.05, 0.1) is 28.2 Å². The molecule has 0 saturated carbocycles. The molecule has 4 aromatic rings. The zero-order chi connectivity index (χ0) is 21.6. The molecule has 0 aliphatic heterocycles. The number of benzene rings is 2. The number of nitrogens with zero attached hydrogens (tertiary/aromatic N) is 2.